The third kappa shape index (κ3) is 2.52. The lowest BCUT2D eigenvalue weighted by Gasteiger charge is -2.24. The first-order valence-corrected chi connectivity index (χ1v) is 5.23. The molecule has 1 aliphatic rings. The van der Waals surface area contributed by atoms with Gasteiger partial charge in [0, 0.05) is 0 Å². The molecule has 82 valence electrons. The van der Waals surface area contributed by atoms with Crippen molar-refractivity contribution in [3.05, 3.63) is 22.3 Å². The van der Waals surface area contributed by atoms with Gasteiger partial charge in [-0.25, -0.2) is 0 Å². The number of nitrogens with zero attached hydrogens (tertiary/aromatic N) is 4. The molecule has 1 atom stereocenters. The predicted molar refractivity (Wildman–Crippen MR) is 59.5 cm³/mol. The van der Waals surface area contributed by atoms with Gasteiger partial charge in [-0.3, -0.25) is 0 Å². The Kier molecular flexibility index (Phi) is 4.05. The highest BCUT2D eigenvalue weighted by Crippen LogP contribution is 2.35. The van der Waals surface area contributed by atoms with E-state index < -0.39 is 0 Å². The average Bonchev–Trinajstić information content (AvgIpc) is 2.34. The van der Waals surface area contributed by atoms with Gasteiger partial charge >= 0.3 is 0 Å². The second-order valence-electron chi connectivity index (χ2n) is 3.93. The maximum Gasteiger partial charge on any atom is 0.129 e. The number of rotatable bonds is 0. The predicted octanol–water partition coefficient (Wildman–Crippen LogP) is 2.49. The molecule has 17 heavy (non-hydrogen) atoms. The van der Waals surface area contributed by atoms with Crippen molar-refractivity contribution in [2.24, 2.45) is 5.92 Å². The number of hydrogen-bond acceptors (Lipinski definition) is 4. The topological polar surface area (TPSA) is 95.2 Å². The summed E-state index contributed by atoms with van der Waals surface area (Å²) in [4.78, 5) is 0. The van der Waals surface area contributed by atoms with Gasteiger partial charge < -0.3 is 0 Å². The molecule has 0 aliphatic heterocycles. The van der Waals surface area contributed by atoms with Crippen LogP contribution in [0.3, 0.4) is 0 Å². The maximum absolute atomic E-state index is 8.82. The monoisotopic (exact) mass is 222 g/mol. The second-order valence-corrected chi connectivity index (χ2v) is 3.93. The first-order valence-electron chi connectivity index (χ1n) is 5.23. The van der Waals surface area contributed by atoms with Crippen LogP contribution in [0.5, 0.6) is 0 Å². The van der Waals surface area contributed by atoms with Gasteiger partial charge in [0.15, 0.2) is 0 Å². The number of allylic oxidation sites excluding steroid dienone is 4. The molecule has 1 saturated carbocycles. The van der Waals surface area contributed by atoms with Crippen LogP contribution in [0.1, 0.15) is 26.2 Å². The Hall–Kier alpha value is -2.56. The first kappa shape index (κ1) is 12.5. The summed E-state index contributed by atoms with van der Waals surface area (Å²) in [5, 5.41) is 35.2. The molecule has 0 aromatic heterocycles. The zero-order chi connectivity index (χ0) is 12.8. The van der Waals surface area contributed by atoms with Crippen LogP contribution < -0.4 is 0 Å². The fourth-order valence-electron chi connectivity index (χ4n) is 2.08. The molecule has 1 unspecified atom stereocenters. The van der Waals surface area contributed by atoms with E-state index in [4.69, 9.17) is 21.0 Å². The van der Waals surface area contributed by atoms with Crippen LogP contribution in [0.25, 0.3) is 0 Å². The minimum absolute atomic E-state index is 0.0461. The van der Waals surface area contributed by atoms with E-state index in [1.807, 2.05) is 31.2 Å². The molecular formula is C13H10N4. The van der Waals surface area contributed by atoms with Gasteiger partial charge in [0.05, 0.1) is 0 Å². The molecule has 0 bridgehead atoms. The molecule has 1 aliphatic carbocycles. The van der Waals surface area contributed by atoms with Crippen LogP contribution in [0.4, 0.5) is 0 Å². The normalized spacial score (nSPS) is 18.3. The van der Waals surface area contributed by atoms with Crippen LogP contribution >= 0.6 is 0 Å². The third-order valence-electron chi connectivity index (χ3n) is 2.97. The summed E-state index contributed by atoms with van der Waals surface area (Å²) in [5.41, 5.74) is 2.02. The van der Waals surface area contributed by atoms with E-state index >= 15 is 0 Å². The van der Waals surface area contributed by atoms with E-state index in [0.29, 0.717) is 19.3 Å². The minimum atomic E-state index is 0.0461. The van der Waals surface area contributed by atoms with E-state index in [-0.39, 0.29) is 17.1 Å². The number of hydrogen-bond donors (Lipinski definition) is 0. The molecule has 4 nitrogen and oxygen atoms in total. The van der Waals surface area contributed by atoms with Crippen molar-refractivity contribution >= 4 is 0 Å². The van der Waals surface area contributed by atoms with Crippen LogP contribution in [-0.4, -0.2) is 0 Å². The van der Waals surface area contributed by atoms with Gasteiger partial charge in [-0.1, -0.05) is 6.92 Å². The summed E-state index contributed by atoms with van der Waals surface area (Å²) < 4.78 is 0. The fraction of sp³-hybridized carbons (Fsp3) is 0.385. The molecule has 0 heterocycles. The smallest absolute Gasteiger partial charge is 0.129 e. The highest BCUT2D eigenvalue weighted by atomic mass is 14.3. The van der Waals surface area contributed by atoms with Crippen molar-refractivity contribution in [1.82, 2.24) is 0 Å². The minimum Gasteiger partial charge on any atom is -0.192 e. The Morgan fingerprint density at radius 1 is 0.941 bits per heavy atom. The van der Waals surface area contributed by atoms with Gasteiger partial charge in [0.2, 0.25) is 0 Å². The van der Waals surface area contributed by atoms with Gasteiger partial charge in [-0.05, 0) is 36.3 Å². The second kappa shape index (κ2) is 5.50. The quantitative estimate of drug-likeness (QED) is 0.588. The summed E-state index contributed by atoms with van der Waals surface area (Å²) in [6, 6.07) is 7.57. The van der Waals surface area contributed by atoms with Crippen LogP contribution in [0.2, 0.25) is 0 Å². The summed E-state index contributed by atoms with van der Waals surface area (Å²) >= 11 is 0. The standard InChI is InChI=1S/C13H10N4/c1-9-4-10(11(5-14)6-15)2-3-13(9)12(7-16)8-17/h9H,2-4H2,1H3. The maximum atomic E-state index is 8.82. The zero-order valence-corrected chi connectivity index (χ0v) is 9.49. The summed E-state index contributed by atoms with van der Waals surface area (Å²) in [6.45, 7) is 1.91. The van der Waals surface area contributed by atoms with Gasteiger partial charge in [0.25, 0.3) is 0 Å². The van der Waals surface area contributed by atoms with E-state index in [2.05, 4.69) is 0 Å². The zero-order valence-electron chi connectivity index (χ0n) is 9.49. The molecular weight excluding hydrogens is 212 g/mol. The summed E-state index contributed by atoms with van der Waals surface area (Å²) in [5.74, 6) is 0.0461. The lowest BCUT2D eigenvalue weighted by atomic mass is 9.79. The lowest BCUT2D eigenvalue weighted by Crippen LogP contribution is -2.11. The van der Waals surface area contributed by atoms with Crippen LogP contribution in [0.15, 0.2) is 22.3 Å². The average molecular weight is 222 g/mol. The van der Waals surface area contributed by atoms with Crippen LogP contribution in [-0.2, 0) is 0 Å². The van der Waals surface area contributed by atoms with Crippen molar-refractivity contribution in [2.75, 3.05) is 0 Å². The van der Waals surface area contributed by atoms with Crippen molar-refractivity contribution in [3.8, 4) is 24.3 Å². The van der Waals surface area contributed by atoms with Crippen molar-refractivity contribution in [2.45, 2.75) is 26.2 Å². The first-order chi connectivity index (χ1) is 8.17. The third-order valence-corrected chi connectivity index (χ3v) is 2.97. The molecule has 0 aromatic rings. The highest BCUT2D eigenvalue weighted by molar-refractivity contribution is 5.46. The van der Waals surface area contributed by atoms with E-state index in [1.54, 1.807) is 0 Å². The molecule has 0 amide bonds. The molecule has 4 heteroatoms. The Balaban J connectivity index is 3.08. The van der Waals surface area contributed by atoms with E-state index in [1.165, 1.54) is 0 Å². The van der Waals surface area contributed by atoms with Crippen molar-refractivity contribution < 1.29 is 0 Å². The van der Waals surface area contributed by atoms with E-state index in [9.17, 15) is 0 Å². The molecule has 0 radical (unpaired) electrons. The Bertz CT molecular complexity index is 520. The Morgan fingerprint density at radius 2 is 1.47 bits per heavy atom. The van der Waals surface area contributed by atoms with Crippen LogP contribution in [0, 0.1) is 51.2 Å². The summed E-state index contributed by atoms with van der Waals surface area (Å²) in [7, 11) is 0. The van der Waals surface area contributed by atoms with Gasteiger partial charge in [-0.2, -0.15) is 21.0 Å². The number of nitriles is 4. The molecule has 0 saturated heterocycles. The molecule has 1 fully saturated rings. The Morgan fingerprint density at radius 3 is 1.88 bits per heavy atom. The molecule has 0 aromatic carbocycles. The van der Waals surface area contributed by atoms with Gasteiger partial charge in [0.1, 0.15) is 35.4 Å². The molecule has 1 rings (SSSR count). The van der Waals surface area contributed by atoms with Crippen molar-refractivity contribution in [3.63, 3.8) is 0 Å². The van der Waals surface area contributed by atoms with E-state index in [0.717, 1.165) is 11.1 Å². The van der Waals surface area contributed by atoms with Gasteiger partial charge in [-0.15, -0.1) is 0 Å². The fourth-order valence-corrected chi connectivity index (χ4v) is 2.08. The Labute approximate surface area is 100 Å². The lowest BCUT2D eigenvalue weighted by molar-refractivity contribution is 0.569. The molecule has 0 N–H and O–H groups in total. The van der Waals surface area contributed by atoms with Crippen molar-refractivity contribution in [1.29, 1.82) is 21.0 Å². The molecule has 0 spiro atoms. The largest absolute Gasteiger partial charge is 0.192 e. The SMILES string of the molecule is CC1CC(=C(C#N)C#N)CCC1=C(C#N)C#N. The highest BCUT2D eigenvalue weighted by Gasteiger charge is 2.23. The summed E-state index contributed by atoms with van der Waals surface area (Å²) in [6.07, 6.45) is 1.75.